The van der Waals surface area contributed by atoms with Gasteiger partial charge in [0.15, 0.2) is 0 Å². The number of nitrogens with zero attached hydrogens (tertiary/aromatic N) is 3. The van der Waals surface area contributed by atoms with Gasteiger partial charge in [-0.3, -0.25) is 14.4 Å². The van der Waals surface area contributed by atoms with Crippen LogP contribution in [0.25, 0.3) is 0 Å². The molecule has 4 rings (SSSR count). The largest absolute Gasteiger partial charge is 0.335 e. The molecule has 11 heteroatoms. The van der Waals surface area contributed by atoms with E-state index in [1.807, 2.05) is 0 Å². The molecular formula is C21H22F3N5O3. The Balaban J connectivity index is 1.36. The fraction of sp³-hybridized carbons (Fsp3) is 0.476. The van der Waals surface area contributed by atoms with E-state index in [2.05, 4.69) is 20.7 Å². The lowest BCUT2D eigenvalue weighted by Gasteiger charge is -2.45. The third-order valence-electron chi connectivity index (χ3n) is 6.16. The first-order chi connectivity index (χ1) is 15.1. The number of alkyl halides is 2. The normalized spacial score (nSPS) is 21.1. The van der Waals surface area contributed by atoms with Gasteiger partial charge in [0.2, 0.25) is 17.6 Å². The Morgan fingerprint density at radius 2 is 2.03 bits per heavy atom. The van der Waals surface area contributed by atoms with Crippen LogP contribution in [0.1, 0.15) is 36.9 Å². The fourth-order valence-electron chi connectivity index (χ4n) is 4.48. The number of H-pyrrole nitrogens is 1. The van der Waals surface area contributed by atoms with E-state index < -0.39 is 48.2 Å². The van der Waals surface area contributed by atoms with Crippen molar-refractivity contribution >= 4 is 23.3 Å². The molecule has 2 N–H and O–H groups in total. The fourth-order valence-corrected chi connectivity index (χ4v) is 4.48. The number of anilines is 1. The molecule has 8 nitrogen and oxygen atoms in total. The number of likely N-dealkylation sites (tertiary alicyclic amines) is 1. The lowest BCUT2D eigenvalue weighted by atomic mass is 9.61. The van der Waals surface area contributed by atoms with Crippen LogP contribution >= 0.6 is 0 Å². The third kappa shape index (κ3) is 4.23. The van der Waals surface area contributed by atoms with Crippen molar-refractivity contribution in [3.63, 3.8) is 0 Å². The van der Waals surface area contributed by atoms with Crippen molar-refractivity contribution in [1.29, 1.82) is 0 Å². The summed E-state index contributed by atoms with van der Waals surface area (Å²) in [6.07, 6.45) is 0.107. The first kappa shape index (κ1) is 22.0. The summed E-state index contributed by atoms with van der Waals surface area (Å²) >= 11 is 0. The van der Waals surface area contributed by atoms with Gasteiger partial charge < -0.3 is 10.2 Å². The Kier molecular flexibility index (Phi) is 5.51. The SMILES string of the molecule is Cc1cc(NC(=O)[C@H]2CCN(C(=O)C(=O)CC3(c4cn[nH]n4)CC(F)(F)C3)C2)ccc1F. The second-order valence-electron chi connectivity index (χ2n) is 8.64. The second-order valence-corrected chi connectivity index (χ2v) is 8.64. The van der Waals surface area contributed by atoms with Gasteiger partial charge in [0, 0.05) is 43.5 Å². The van der Waals surface area contributed by atoms with Crippen LogP contribution in [0.15, 0.2) is 24.4 Å². The molecule has 0 unspecified atom stereocenters. The third-order valence-corrected chi connectivity index (χ3v) is 6.16. The maximum Gasteiger partial charge on any atom is 0.289 e. The van der Waals surface area contributed by atoms with Crippen LogP contribution in [0.3, 0.4) is 0 Å². The summed E-state index contributed by atoms with van der Waals surface area (Å²) in [5, 5.41) is 12.5. The number of amides is 2. The van der Waals surface area contributed by atoms with E-state index in [-0.39, 0.29) is 30.5 Å². The molecule has 1 aliphatic heterocycles. The highest BCUT2D eigenvalue weighted by atomic mass is 19.3. The van der Waals surface area contributed by atoms with Crippen molar-refractivity contribution in [2.75, 3.05) is 18.4 Å². The maximum atomic E-state index is 13.6. The van der Waals surface area contributed by atoms with E-state index in [4.69, 9.17) is 0 Å². The second kappa shape index (κ2) is 8.03. The first-order valence-corrected chi connectivity index (χ1v) is 10.2. The van der Waals surface area contributed by atoms with Crippen molar-refractivity contribution in [1.82, 2.24) is 20.3 Å². The van der Waals surface area contributed by atoms with Crippen LogP contribution in [0.5, 0.6) is 0 Å². The number of aromatic amines is 1. The van der Waals surface area contributed by atoms with E-state index >= 15 is 0 Å². The predicted octanol–water partition coefficient (Wildman–Crippen LogP) is 2.37. The molecule has 2 amide bonds. The number of carbonyl (C=O) groups excluding carboxylic acids is 3. The summed E-state index contributed by atoms with van der Waals surface area (Å²) < 4.78 is 40.6. The number of hydrogen-bond donors (Lipinski definition) is 2. The van der Waals surface area contributed by atoms with Crippen LogP contribution in [0.4, 0.5) is 18.9 Å². The van der Waals surface area contributed by atoms with Crippen LogP contribution in [0, 0.1) is 18.7 Å². The molecule has 1 aromatic heterocycles. The number of carbonyl (C=O) groups is 3. The van der Waals surface area contributed by atoms with Gasteiger partial charge in [-0.05, 0) is 37.1 Å². The van der Waals surface area contributed by atoms with Crippen molar-refractivity contribution in [3.05, 3.63) is 41.5 Å². The first-order valence-electron chi connectivity index (χ1n) is 10.2. The van der Waals surface area contributed by atoms with E-state index in [0.29, 0.717) is 17.7 Å². The average molecular weight is 449 g/mol. The minimum absolute atomic E-state index is 0.0453. The highest BCUT2D eigenvalue weighted by molar-refractivity contribution is 6.36. The highest BCUT2D eigenvalue weighted by Gasteiger charge is 2.59. The predicted molar refractivity (Wildman–Crippen MR) is 106 cm³/mol. The van der Waals surface area contributed by atoms with E-state index in [1.165, 1.54) is 29.3 Å². The monoisotopic (exact) mass is 449 g/mol. The number of benzene rings is 1. The van der Waals surface area contributed by atoms with Gasteiger partial charge in [-0.2, -0.15) is 15.4 Å². The zero-order chi connectivity index (χ0) is 23.1. The van der Waals surface area contributed by atoms with E-state index in [9.17, 15) is 27.6 Å². The molecule has 1 aliphatic carbocycles. The lowest BCUT2D eigenvalue weighted by Crippen LogP contribution is -2.52. The number of Topliss-reactive ketones (excluding diaryl/α,β-unsaturated/α-hetero) is 1. The zero-order valence-corrected chi connectivity index (χ0v) is 17.3. The molecule has 1 saturated carbocycles. The summed E-state index contributed by atoms with van der Waals surface area (Å²) in [5.41, 5.74) is -0.160. The van der Waals surface area contributed by atoms with E-state index in [1.54, 1.807) is 6.92 Å². The number of rotatable bonds is 6. The van der Waals surface area contributed by atoms with Crippen molar-refractivity contribution in [2.24, 2.45) is 5.92 Å². The number of halogens is 3. The zero-order valence-electron chi connectivity index (χ0n) is 17.3. The Morgan fingerprint density at radius 3 is 2.66 bits per heavy atom. The van der Waals surface area contributed by atoms with Crippen molar-refractivity contribution in [2.45, 2.75) is 43.9 Å². The molecule has 1 aromatic carbocycles. The summed E-state index contributed by atoms with van der Waals surface area (Å²) in [6, 6.07) is 4.20. The number of aromatic nitrogens is 3. The maximum absolute atomic E-state index is 13.6. The summed E-state index contributed by atoms with van der Waals surface area (Å²) in [5.74, 6) is -5.76. The van der Waals surface area contributed by atoms with Gasteiger partial charge in [0.1, 0.15) is 5.82 Å². The summed E-state index contributed by atoms with van der Waals surface area (Å²) in [6.45, 7) is 1.83. The lowest BCUT2D eigenvalue weighted by molar-refractivity contribution is -0.153. The molecule has 1 saturated heterocycles. The number of hydrogen-bond acceptors (Lipinski definition) is 5. The smallest absolute Gasteiger partial charge is 0.289 e. The Morgan fingerprint density at radius 1 is 1.28 bits per heavy atom. The van der Waals surface area contributed by atoms with Gasteiger partial charge in [0.25, 0.3) is 5.91 Å². The molecule has 32 heavy (non-hydrogen) atoms. The van der Waals surface area contributed by atoms with Crippen LogP contribution < -0.4 is 5.32 Å². The van der Waals surface area contributed by atoms with Crippen LogP contribution in [0.2, 0.25) is 0 Å². The molecule has 0 radical (unpaired) electrons. The minimum Gasteiger partial charge on any atom is -0.335 e. The molecule has 2 aliphatic rings. The van der Waals surface area contributed by atoms with Gasteiger partial charge in [-0.1, -0.05) is 0 Å². The topological polar surface area (TPSA) is 108 Å². The quantitative estimate of drug-likeness (QED) is 0.659. The van der Waals surface area contributed by atoms with Gasteiger partial charge in [-0.25, -0.2) is 13.2 Å². The minimum atomic E-state index is -2.92. The van der Waals surface area contributed by atoms with Crippen molar-refractivity contribution < 1.29 is 27.6 Å². The molecule has 170 valence electrons. The van der Waals surface area contributed by atoms with Crippen LogP contribution in [-0.4, -0.2) is 56.9 Å². The van der Waals surface area contributed by atoms with E-state index in [0.717, 1.165) is 0 Å². The van der Waals surface area contributed by atoms with Crippen molar-refractivity contribution in [3.8, 4) is 0 Å². The summed E-state index contributed by atoms with van der Waals surface area (Å²) in [7, 11) is 0. The number of ketones is 1. The van der Waals surface area contributed by atoms with Gasteiger partial charge in [-0.15, -0.1) is 0 Å². The molecule has 2 fully saturated rings. The van der Waals surface area contributed by atoms with Crippen LogP contribution in [-0.2, 0) is 19.8 Å². The summed E-state index contributed by atoms with van der Waals surface area (Å²) in [4.78, 5) is 39.1. The Labute approximate surface area is 181 Å². The van der Waals surface area contributed by atoms with Gasteiger partial charge in [0.05, 0.1) is 17.8 Å². The molecule has 1 atom stereocenters. The molecule has 2 aromatic rings. The molecule has 2 heterocycles. The van der Waals surface area contributed by atoms with Gasteiger partial charge >= 0.3 is 0 Å². The molecular weight excluding hydrogens is 427 g/mol. The number of aryl methyl sites for hydroxylation is 1. The highest BCUT2D eigenvalue weighted by Crippen LogP contribution is 2.54. The standard InChI is InChI=1S/C21H22F3N5O3/c1-12-6-14(2-3-15(12)22)26-18(31)13-4-5-29(9-13)19(32)16(30)7-20(10-21(23,24)11-20)17-8-25-28-27-17/h2-3,6,8,13H,4-5,7,9-11H2,1H3,(H,26,31)(H,25,27,28)/t13-/m0/s1. The average Bonchev–Trinajstić information content (AvgIpc) is 3.41. The molecule has 0 bridgehead atoms. The Hall–Kier alpha value is -3.24. The number of nitrogens with one attached hydrogen (secondary N) is 2. The molecule has 0 spiro atoms. The Bertz CT molecular complexity index is 1050.